The molecule has 0 fully saturated rings. The first-order chi connectivity index (χ1) is 18.7. The highest BCUT2D eigenvalue weighted by atomic mass is 16.3. The van der Waals surface area contributed by atoms with Gasteiger partial charge in [0.1, 0.15) is 0 Å². The number of nitrogens with one attached hydrogen (secondary N) is 1. The lowest BCUT2D eigenvalue weighted by Gasteiger charge is -2.22. The summed E-state index contributed by atoms with van der Waals surface area (Å²) in [6.07, 6.45) is 36.5. The molecule has 4 heteroatoms. The lowest BCUT2D eigenvalue weighted by atomic mass is 10.0. The fraction of sp³-hybridized carbons (Fsp3) is 0.853. The second kappa shape index (κ2) is 30.4. The Balaban J connectivity index is 3.63. The minimum atomic E-state index is -0.660. The number of rotatable bonds is 29. The summed E-state index contributed by atoms with van der Waals surface area (Å²) in [7, 11) is 0. The molecule has 2 atom stereocenters. The normalized spacial score (nSPS) is 13.5. The largest absolute Gasteiger partial charge is 0.394 e. The Morgan fingerprint density at radius 1 is 0.632 bits per heavy atom. The second-order valence-electron chi connectivity index (χ2n) is 11.2. The van der Waals surface area contributed by atoms with Crippen molar-refractivity contribution in [3.63, 3.8) is 0 Å². The third kappa shape index (κ3) is 26.5. The number of carbonyl (C=O) groups excluding carboxylic acids is 1. The molecule has 1 amide bonds. The van der Waals surface area contributed by atoms with Crippen molar-refractivity contribution in [3.05, 3.63) is 24.3 Å². The minimum absolute atomic E-state index is 0.0486. The zero-order chi connectivity index (χ0) is 27.9. The molecule has 0 bridgehead atoms. The molecule has 0 aliphatic heterocycles. The SMILES string of the molecule is CCCCCC/C=C\C/C=C\CCCCCCCC(=O)NC(CO)C(O)CCCCCCCCCCCC. The molecule has 0 radical (unpaired) electrons. The Kier molecular flexibility index (Phi) is 29.5. The second-order valence-corrected chi connectivity index (χ2v) is 11.2. The molecule has 0 aliphatic rings. The van der Waals surface area contributed by atoms with E-state index in [9.17, 15) is 15.0 Å². The van der Waals surface area contributed by atoms with Crippen LogP contribution in [0, 0.1) is 0 Å². The van der Waals surface area contributed by atoms with Crippen molar-refractivity contribution in [3.8, 4) is 0 Å². The van der Waals surface area contributed by atoms with Crippen LogP contribution in [0.4, 0.5) is 0 Å². The van der Waals surface area contributed by atoms with Crippen molar-refractivity contribution in [1.82, 2.24) is 5.32 Å². The highest BCUT2D eigenvalue weighted by molar-refractivity contribution is 5.76. The average Bonchev–Trinajstić information content (AvgIpc) is 2.92. The molecule has 0 spiro atoms. The Morgan fingerprint density at radius 3 is 1.61 bits per heavy atom. The third-order valence-corrected chi connectivity index (χ3v) is 7.47. The van der Waals surface area contributed by atoms with Crippen LogP contribution in [0.2, 0.25) is 0 Å². The smallest absolute Gasteiger partial charge is 0.220 e. The Bertz CT molecular complexity index is 546. The van der Waals surface area contributed by atoms with E-state index in [0.29, 0.717) is 12.8 Å². The summed E-state index contributed by atoms with van der Waals surface area (Å²) >= 11 is 0. The van der Waals surface area contributed by atoms with Crippen LogP contribution >= 0.6 is 0 Å². The predicted molar refractivity (Wildman–Crippen MR) is 165 cm³/mol. The molecule has 0 aliphatic carbocycles. The predicted octanol–water partition coefficient (Wildman–Crippen LogP) is 9.34. The van der Waals surface area contributed by atoms with Crippen molar-refractivity contribution >= 4 is 5.91 Å². The minimum Gasteiger partial charge on any atom is -0.394 e. The molecule has 4 nitrogen and oxygen atoms in total. The van der Waals surface area contributed by atoms with E-state index >= 15 is 0 Å². The first kappa shape index (κ1) is 36.9. The zero-order valence-electron chi connectivity index (χ0n) is 25.4. The van der Waals surface area contributed by atoms with E-state index in [2.05, 4.69) is 43.5 Å². The van der Waals surface area contributed by atoms with Crippen molar-refractivity contribution in [2.75, 3.05) is 6.61 Å². The van der Waals surface area contributed by atoms with Gasteiger partial charge >= 0.3 is 0 Å². The van der Waals surface area contributed by atoms with E-state index in [4.69, 9.17) is 0 Å². The number of amides is 1. The summed E-state index contributed by atoms with van der Waals surface area (Å²) < 4.78 is 0. The van der Waals surface area contributed by atoms with Gasteiger partial charge in [0.15, 0.2) is 0 Å². The maximum absolute atomic E-state index is 12.3. The van der Waals surface area contributed by atoms with Gasteiger partial charge in [-0.25, -0.2) is 0 Å². The summed E-state index contributed by atoms with van der Waals surface area (Å²) in [5.41, 5.74) is 0. The fourth-order valence-corrected chi connectivity index (χ4v) is 4.86. The molecule has 2 unspecified atom stereocenters. The number of allylic oxidation sites excluding steroid dienone is 4. The molecule has 0 rings (SSSR count). The van der Waals surface area contributed by atoms with Crippen LogP contribution < -0.4 is 5.32 Å². The van der Waals surface area contributed by atoms with Gasteiger partial charge in [0.25, 0.3) is 0 Å². The average molecular weight is 536 g/mol. The maximum Gasteiger partial charge on any atom is 0.220 e. The Hall–Kier alpha value is -1.13. The van der Waals surface area contributed by atoms with Gasteiger partial charge < -0.3 is 15.5 Å². The van der Waals surface area contributed by atoms with E-state index < -0.39 is 12.1 Å². The number of hydrogen-bond donors (Lipinski definition) is 3. The molecule has 0 aromatic carbocycles. The number of aliphatic hydroxyl groups excluding tert-OH is 2. The number of aliphatic hydroxyl groups is 2. The standard InChI is InChI=1S/C34H65NO3/c1-3-5-7-9-11-13-15-16-17-18-19-20-22-24-26-28-30-34(38)35-32(31-36)33(37)29-27-25-23-21-14-12-10-8-6-4-2/h13,15,17-18,32-33,36-37H,3-12,14,16,19-31H2,1-2H3,(H,35,38)/b15-13-,18-17-. The van der Waals surface area contributed by atoms with Gasteiger partial charge in [-0.15, -0.1) is 0 Å². The molecule has 3 N–H and O–H groups in total. The molecule has 0 aromatic rings. The Labute approximate surface area is 237 Å². The molecule has 224 valence electrons. The van der Waals surface area contributed by atoms with Gasteiger partial charge in [-0.1, -0.05) is 141 Å². The summed E-state index contributed by atoms with van der Waals surface area (Å²) in [5, 5.41) is 22.9. The first-order valence-electron chi connectivity index (χ1n) is 16.5. The summed E-state index contributed by atoms with van der Waals surface area (Å²) in [4.78, 5) is 12.3. The maximum atomic E-state index is 12.3. The van der Waals surface area contributed by atoms with Crippen molar-refractivity contribution in [1.29, 1.82) is 0 Å². The summed E-state index contributed by atoms with van der Waals surface area (Å²) in [5.74, 6) is -0.0486. The van der Waals surface area contributed by atoms with Gasteiger partial charge in [-0.05, 0) is 44.9 Å². The Morgan fingerprint density at radius 2 is 1.08 bits per heavy atom. The monoisotopic (exact) mass is 535 g/mol. The van der Waals surface area contributed by atoms with Crippen molar-refractivity contribution in [2.45, 2.75) is 180 Å². The number of hydrogen-bond acceptors (Lipinski definition) is 3. The molecular formula is C34H65NO3. The highest BCUT2D eigenvalue weighted by Crippen LogP contribution is 2.13. The van der Waals surface area contributed by atoms with Crippen LogP contribution in [0.25, 0.3) is 0 Å². The number of unbranched alkanes of at least 4 members (excludes halogenated alkanes) is 18. The van der Waals surface area contributed by atoms with Gasteiger partial charge in [0.05, 0.1) is 18.8 Å². The lowest BCUT2D eigenvalue weighted by Crippen LogP contribution is -2.45. The van der Waals surface area contributed by atoms with Crippen LogP contribution in [0.1, 0.15) is 168 Å². The summed E-state index contributed by atoms with van der Waals surface area (Å²) in [6, 6.07) is -0.538. The third-order valence-electron chi connectivity index (χ3n) is 7.47. The lowest BCUT2D eigenvalue weighted by molar-refractivity contribution is -0.123. The molecule has 0 aromatic heterocycles. The van der Waals surface area contributed by atoms with E-state index in [0.717, 1.165) is 44.9 Å². The summed E-state index contributed by atoms with van der Waals surface area (Å²) in [6.45, 7) is 4.30. The molecular weight excluding hydrogens is 470 g/mol. The van der Waals surface area contributed by atoms with E-state index in [-0.39, 0.29) is 12.5 Å². The zero-order valence-corrected chi connectivity index (χ0v) is 25.4. The number of carbonyl (C=O) groups is 1. The first-order valence-corrected chi connectivity index (χ1v) is 16.5. The van der Waals surface area contributed by atoms with Gasteiger partial charge in [-0.3, -0.25) is 4.79 Å². The van der Waals surface area contributed by atoms with Crippen LogP contribution in [0.3, 0.4) is 0 Å². The molecule has 0 heterocycles. The van der Waals surface area contributed by atoms with Crippen LogP contribution in [-0.4, -0.2) is 34.9 Å². The fourth-order valence-electron chi connectivity index (χ4n) is 4.86. The molecule has 0 saturated heterocycles. The van der Waals surface area contributed by atoms with Crippen LogP contribution in [-0.2, 0) is 4.79 Å². The topological polar surface area (TPSA) is 69.6 Å². The van der Waals surface area contributed by atoms with Gasteiger partial charge in [0, 0.05) is 6.42 Å². The van der Waals surface area contributed by atoms with Crippen molar-refractivity contribution in [2.24, 2.45) is 0 Å². The van der Waals surface area contributed by atoms with Crippen molar-refractivity contribution < 1.29 is 15.0 Å². The van der Waals surface area contributed by atoms with E-state index in [1.54, 1.807) is 0 Å². The quantitative estimate of drug-likeness (QED) is 0.0660. The van der Waals surface area contributed by atoms with E-state index in [1.165, 1.54) is 96.3 Å². The van der Waals surface area contributed by atoms with Crippen LogP contribution in [0.15, 0.2) is 24.3 Å². The molecule has 0 saturated carbocycles. The van der Waals surface area contributed by atoms with Gasteiger partial charge in [-0.2, -0.15) is 0 Å². The van der Waals surface area contributed by atoms with Crippen LogP contribution in [0.5, 0.6) is 0 Å². The van der Waals surface area contributed by atoms with Gasteiger partial charge in [0.2, 0.25) is 5.91 Å². The molecule has 38 heavy (non-hydrogen) atoms. The van der Waals surface area contributed by atoms with E-state index in [1.807, 2.05) is 0 Å². The highest BCUT2D eigenvalue weighted by Gasteiger charge is 2.19.